The molecule has 0 aliphatic carbocycles. The predicted molar refractivity (Wildman–Crippen MR) is 22.8 cm³/mol. The summed E-state index contributed by atoms with van der Waals surface area (Å²) in [4.78, 5) is 0. The van der Waals surface area contributed by atoms with Gasteiger partial charge >= 0.3 is 0 Å². The van der Waals surface area contributed by atoms with Gasteiger partial charge in [-0.2, -0.15) is 0 Å². The molecular weight excluding hydrogens is 144 g/mol. The van der Waals surface area contributed by atoms with Gasteiger partial charge in [0.1, 0.15) is 0 Å². The Labute approximate surface area is 45.5 Å². The summed E-state index contributed by atoms with van der Waals surface area (Å²) >= 11 is 3.92. The Morgan fingerprint density at radius 3 is 2.43 bits per heavy atom. The smallest absolute Gasteiger partial charge is 0.166 e. The first-order valence-electron chi connectivity index (χ1n) is 1.06. The summed E-state index contributed by atoms with van der Waals surface area (Å²) in [6.45, 7) is 0. The second-order valence-electron chi connectivity index (χ2n) is 0.441. The zero-order valence-electron chi connectivity index (χ0n) is 2.94. The largest absolute Gasteiger partial charge is 0.229 e. The molecule has 0 spiro atoms. The molecule has 0 aliphatic rings. The Balaban J connectivity index is 2.98. The second kappa shape index (κ2) is 4.37. The molecule has 5 nitrogen and oxygen atoms in total. The van der Waals surface area contributed by atoms with E-state index in [9.17, 15) is 4.21 Å². The molecular formula is H2O5S2. The summed E-state index contributed by atoms with van der Waals surface area (Å²) < 4.78 is 13.2. The fraction of sp³-hybridized carbons (Fsp3) is 0. The molecule has 0 rings (SSSR count). The fourth-order valence-electron chi connectivity index (χ4n) is 0.0385. The van der Waals surface area contributed by atoms with Crippen LogP contribution in [0.15, 0.2) is 0 Å². The van der Waals surface area contributed by atoms with Crippen molar-refractivity contribution in [3.05, 3.63) is 0 Å². The van der Waals surface area contributed by atoms with E-state index in [4.69, 9.17) is 5.26 Å². The van der Waals surface area contributed by atoms with E-state index in [1.54, 1.807) is 0 Å². The average Bonchev–Trinajstić information content (AvgIpc) is 1.61. The van der Waals surface area contributed by atoms with E-state index in [-0.39, 0.29) is 0 Å². The lowest BCUT2D eigenvalue weighted by Gasteiger charge is -1.84. The summed E-state index contributed by atoms with van der Waals surface area (Å²) in [5.41, 5.74) is 0. The number of hydrogen-bond donors (Lipinski definition) is 2. The molecule has 7 heteroatoms. The van der Waals surface area contributed by atoms with Crippen molar-refractivity contribution in [3.63, 3.8) is 0 Å². The van der Waals surface area contributed by atoms with Crippen LogP contribution in [0, 0.1) is 0 Å². The molecule has 1 N–H and O–H groups in total. The van der Waals surface area contributed by atoms with Crippen molar-refractivity contribution in [2.45, 2.75) is 0 Å². The zero-order chi connectivity index (χ0) is 5.70. The van der Waals surface area contributed by atoms with Crippen LogP contribution in [0.5, 0.6) is 0 Å². The lowest BCUT2D eigenvalue weighted by atomic mass is 14.4. The first kappa shape index (κ1) is 7.21. The lowest BCUT2D eigenvalue weighted by Crippen LogP contribution is -1.88. The van der Waals surface area contributed by atoms with Crippen LogP contribution in [-0.4, -0.2) is 9.47 Å². The average molecular weight is 146 g/mol. The predicted octanol–water partition coefficient (Wildman–Crippen LogP) is -0.803. The van der Waals surface area contributed by atoms with E-state index in [2.05, 4.69) is 25.6 Å². The molecule has 0 saturated heterocycles. The highest BCUT2D eigenvalue weighted by molar-refractivity contribution is 8.19. The second-order valence-corrected chi connectivity index (χ2v) is 1.93. The monoisotopic (exact) mass is 146 g/mol. The van der Waals surface area contributed by atoms with Crippen molar-refractivity contribution >= 4 is 20.8 Å². The highest BCUT2D eigenvalue weighted by Crippen LogP contribution is 1.73. The van der Waals surface area contributed by atoms with Crippen LogP contribution in [0.1, 0.15) is 0 Å². The van der Waals surface area contributed by atoms with Gasteiger partial charge in [0.15, 0.2) is 9.64 Å². The van der Waals surface area contributed by atoms with Crippen LogP contribution in [0.3, 0.4) is 0 Å². The van der Waals surface area contributed by atoms with Gasteiger partial charge in [0.05, 0.1) is 0 Å². The molecule has 1 unspecified atom stereocenters. The van der Waals surface area contributed by atoms with Crippen molar-refractivity contribution in [2.24, 2.45) is 0 Å². The van der Waals surface area contributed by atoms with Crippen LogP contribution >= 0.6 is 0 Å². The van der Waals surface area contributed by atoms with Crippen molar-refractivity contribution in [1.29, 1.82) is 0 Å². The van der Waals surface area contributed by atoms with Crippen molar-refractivity contribution in [3.8, 4) is 0 Å². The maximum atomic E-state index is 9.63. The van der Waals surface area contributed by atoms with Crippen molar-refractivity contribution in [1.82, 2.24) is 0 Å². The SMILES string of the molecule is O=[SH](=S)OOOO. The van der Waals surface area contributed by atoms with Gasteiger partial charge in [-0.1, -0.05) is 0 Å². The molecule has 0 aromatic heterocycles. The van der Waals surface area contributed by atoms with E-state index >= 15 is 0 Å². The van der Waals surface area contributed by atoms with Crippen LogP contribution in [0.4, 0.5) is 0 Å². The van der Waals surface area contributed by atoms with Gasteiger partial charge in [-0.05, 0) is 10.1 Å². The van der Waals surface area contributed by atoms with E-state index in [0.29, 0.717) is 0 Å². The summed E-state index contributed by atoms with van der Waals surface area (Å²) in [5, 5.41) is 13.4. The van der Waals surface area contributed by atoms with Gasteiger partial charge in [0.25, 0.3) is 0 Å². The molecule has 0 aromatic carbocycles. The third-order valence-corrected chi connectivity index (χ3v) is 0.487. The van der Waals surface area contributed by atoms with Gasteiger partial charge < -0.3 is 0 Å². The molecule has 44 valence electrons. The molecule has 7 heavy (non-hydrogen) atoms. The van der Waals surface area contributed by atoms with Crippen LogP contribution in [0.25, 0.3) is 0 Å². The van der Waals surface area contributed by atoms with E-state index < -0.39 is 9.64 Å². The Hall–Kier alpha value is 0.210. The Bertz CT molecular complexity index is 84.3. The summed E-state index contributed by atoms with van der Waals surface area (Å²) in [5.74, 6) is 0. The van der Waals surface area contributed by atoms with Gasteiger partial charge in [0, 0.05) is 11.2 Å². The van der Waals surface area contributed by atoms with E-state index in [1.807, 2.05) is 0 Å². The topological polar surface area (TPSA) is 65.0 Å². The minimum Gasteiger partial charge on any atom is -0.229 e. The van der Waals surface area contributed by atoms with Gasteiger partial charge in [-0.25, -0.2) is 9.47 Å². The Morgan fingerprint density at radius 2 is 2.29 bits per heavy atom. The molecule has 1 atom stereocenters. The van der Waals surface area contributed by atoms with Crippen molar-refractivity contribution in [2.75, 3.05) is 0 Å². The molecule has 0 radical (unpaired) electrons. The third kappa shape index (κ3) is 6.21. The van der Waals surface area contributed by atoms with Crippen molar-refractivity contribution < 1.29 is 23.9 Å². The van der Waals surface area contributed by atoms with Gasteiger partial charge in [-0.3, -0.25) is 0 Å². The minimum atomic E-state index is -2.28. The van der Waals surface area contributed by atoms with Crippen LogP contribution < -0.4 is 0 Å². The van der Waals surface area contributed by atoms with Crippen LogP contribution in [0.2, 0.25) is 0 Å². The first-order chi connectivity index (χ1) is 3.27. The normalized spacial score (nSPS) is 13.9. The summed E-state index contributed by atoms with van der Waals surface area (Å²) in [7, 11) is -2.28. The standard InChI is InChI=1S/H2O5S2/c1-3-4-5-7(2)6/h1,7H. The molecule has 0 saturated carbocycles. The third-order valence-electron chi connectivity index (χ3n) is 0.122. The Kier molecular flexibility index (Phi) is 4.50. The molecule has 0 amide bonds. The van der Waals surface area contributed by atoms with E-state index in [0.717, 1.165) is 0 Å². The molecule has 0 fully saturated rings. The van der Waals surface area contributed by atoms with E-state index in [1.165, 1.54) is 0 Å². The quantitative estimate of drug-likeness (QED) is 0.308. The fourth-order valence-corrected chi connectivity index (χ4v) is 0.190. The molecule has 0 aliphatic heterocycles. The molecule has 0 aromatic rings. The highest BCUT2D eigenvalue weighted by Gasteiger charge is 1.78. The minimum absolute atomic E-state index is 2.28. The first-order valence-corrected chi connectivity index (χ1v) is 3.25. The number of hydrogen-bond acceptors (Lipinski definition) is 6. The molecule has 0 bridgehead atoms. The zero-order valence-corrected chi connectivity index (χ0v) is 4.65. The van der Waals surface area contributed by atoms with Crippen LogP contribution in [-0.2, 0) is 35.2 Å². The molecule has 0 heterocycles. The lowest BCUT2D eigenvalue weighted by molar-refractivity contribution is -0.592. The van der Waals surface area contributed by atoms with Gasteiger partial charge in [-0.15, -0.1) is 4.33 Å². The Morgan fingerprint density at radius 1 is 1.71 bits per heavy atom. The number of thiol groups is 1. The number of rotatable bonds is 3. The highest BCUT2D eigenvalue weighted by atomic mass is 32.8. The summed E-state index contributed by atoms with van der Waals surface area (Å²) in [6.07, 6.45) is 0. The maximum absolute atomic E-state index is 9.63. The summed E-state index contributed by atoms with van der Waals surface area (Å²) in [6, 6.07) is 0. The van der Waals surface area contributed by atoms with Gasteiger partial charge in [0.2, 0.25) is 0 Å². The maximum Gasteiger partial charge on any atom is 0.166 e.